The maximum absolute atomic E-state index is 9.26. The third kappa shape index (κ3) is 3.48. The van der Waals surface area contributed by atoms with Crippen LogP contribution in [0.25, 0.3) is 0 Å². The van der Waals surface area contributed by atoms with Crippen molar-refractivity contribution in [2.75, 3.05) is 0 Å². The molecule has 0 spiro atoms. The van der Waals surface area contributed by atoms with Gasteiger partial charge in [-0.25, -0.2) is 0 Å². The summed E-state index contributed by atoms with van der Waals surface area (Å²) in [7, 11) is 0. The predicted octanol–water partition coefficient (Wildman–Crippen LogP) is 0.818. The van der Waals surface area contributed by atoms with E-state index in [9.17, 15) is 5.11 Å². The number of aromatic hydroxyl groups is 1. The van der Waals surface area contributed by atoms with Gasteiger partial charge in [-0.15, -0.1) is 0 Å². The number of phenols is 1. The molecule has 0 aliphatic carbocycles. The first kappa shape index (κ1) is 13.4. The summed E-state index contributed by atoms with van der Waals surface area (Å²) in [6, 6.07) is 16.5. The van der Waals surface area contributed by atoms with Gasteiger partial charge >= 0.3 is 119 Å². The van der Waals surface area contributed by atoms with E-state index in [4.69, 9.17) is 0 Å². The SMILES string of the molecule is CC(C)(C)c1ccc([I-]c2ccc(O)cc2)cc1. The van der Waals surface area contributed by atoms with E-state index >= 15 is 0 Å². The molecule has 0 saturated heterocycles. The molecule has 2 rings (SSSR count). The van der Waals surface area contributed by atoms with Gasteiger partial charge in [0.25, 0.3) is 0 Å². The summed E-state index contributed by atoms with van der Waals surface area (Å²) in [5, 5.41) is 9.26. The molecule has 0 fully saturated rings. The van der Waals surface area contributed by atoms with E-state index < -0.39 is 0 Å². The van der Waals surface area contributed by atoms with E-state index in [2.05, 4.69) is 45.0 Å². The Balaban J connectivity index is 2.13. The Morgan fingerprint density at radius 1 is 0.778 bits per heavy atom. The van der Waals surface area contributed by atoms with E-state index in [-0.39, 0.29) is 26.6 Å². The summed E-state index contributed by atoms with van der Waals surface area (Å²) in [6.07, 6.45) is 0. The molecule has 1 nitrogen and oxygen atoms in total. The van der Waals surface area contributed by atoms with Crippen LogP contribution in [0.15, 0.2) is 48.5 Å². The number of benzene rings is 2. The second-order valence-corrected chi connectivity index (χ2v) is 8.36. The normalized spacial score (nSPS) is 11.7. The van der Waals surface area contributed by atoms with E-state index in [1.54, 1.807) is 12.1 Å². The Morgan fingerprint density at radius 2 is 1.22 bits per heavy atom. The average Bonchev–Trinajstić information content (AvgIpc) is 2.32. The predicted molar refractivity (Wildman–Crippen MR) is 70.6 cm³/mol. The summed E-state index contributed by atoms with van der Waals surface area (Å²) in [6.45, 7) is 6.70. The second kappa shape index (κ2) is 5.31. The van der Waals surface area contributed by atoms with Crippen LogP contribution in [0.1, 0.15) is 26.3 Å². The van der Waals surface area contributed by atoms with Gasteiger partial charge in [-0.2, -0.15) is 0 Å². The molecule has 0 radical (unpaired) electrons. The molecule has 2 aromatic carbocycles. The summed E-state index contributed by atoms with van der Waals surface area (Å²) in [4.78, 5) is 0. The van der Waals surface area contributed by atoms with Crippen molar-refractivity contribution in [1.29, 1.82) is 0 Å². The van der Waals surface area contributed by atoms with Crippen LogP contribution in [0.2, 0.25) is 0 Å². The molecule has 2 aromatic rings. The third-order valence-corrected chi connectivity index (χ3v) is 5.44. The fourth-order valence-electron chi connectivity index (χ4n) is 1.64. The molecule has 0 unspecified atom stereocenters. The van der Waals surface area contributed by atoms with Crippen LogP contribution in [0.5, 0.6) is 5.75 Å². The van der Waals surface area contributed by atoms with Crippen molar-refractivity contribution in [2.24, 2.45) is 0 Å². The Bertz CT molecular complexity index is 506. The average molecular weight is 353 g/mol. The Hall–Kier alpha value is -1.03. The number of rotatable bonds is 2. The van der Waals surface area contributed by atoms with Gasteiger partial charge in [0.1, 0.15) is 0 Å². The summed E-state index contributed by atoms with van der Waals surface area (Å²) in [5.41, 5.74) is 1.59. The van der Waals surface area contributed by atoms with Crippen molar-refractivity contribution >= 4 is 0 Å². The number of halogens is 1. The molecule has 1 N–H and O–H groups in total. The van der Waals surface area contributed by atoms with E-state index in [0.717, 1.165) is 0 Å². The summed E-state index contributed by atoms with van der Waals surface area (Å²) < 4.78 is 2.74. The quantitative estimate of drug-likeness (QED) is 0.793. The van der Waals surface area contributed by atoms with Gasteiger partial charge in [0, 0.05) is 0 Å². The summed E-state index contributed by atoms with van der Waals surface area (Å²) >= 11 is -0.145. The topological polar surface area (TPSA) is 20.2 Å². The molecule has 0 aliphatic rings. The van der Waals surface area contributed by atoms with E-state index in [0.29, 0.717) is 5.75 Å². The van der Waals surface area contributed by atoms with Crippen LogP contribution in [0.4, 0.5) is 0 Å². The van der Waals surface area contributed by atoms with Gasteiger partial charge in [-0.3, -0.25) is 0 Å². The van der Waals surface area contributed by atoms with Crippen molar-refractivity contribution < 1.29 is 26.3 Å². The van der Waals surface area contributed by atoms with Crippen LogP contribution in [0, 0.1) is 7.14 Å². The van der Waals surface area contributed by atoms with Crippen LogP contribution < -0.4 is 21.2 Å². The van der Waals surface area contributed by atoms with Crippen molar-refractivity contribution in [3.8, 4) is 5.75 Å². The van der Waals surface area contributed by atoms with E-state index in [1.807, 2.05) is 12.1 Å². The van der Waals surface area contributed by atoms with Crippen LogP contribution >= 0.6 is 0 Å². The summed E-state index contributed by atoms with van der Waals surface area (Å²) in [5.74, 6) is 0.339. The Labute approximate surface area is 119 Å². The van der Waals surface area contributed by atoms with Crippen LogP contribution in [-0.4, -0.2) is 5.11 Å². The standard InChI is InChI=1S/C16H18IO/c1-16(2,3)12-4-6-13(7-5-12)17-14-8-10-15(18)11-9-14/h4-11,18H,1-3H3/q-1. The first-order valence-electron chi connectivity index (χ1n) is 5.99. The zero-order chi connectivity index (χ0) is 13.2. The van der Waals surface area contributed by atoms with Gasteiger partial charge in [0.05, 0.1) is 0 Å². The fourth-order valence-corrected chi connectivity index (χ4v) is 3.80. The molecule has 0 aromatic heterocycles. The first-order chi connectivity index (χ1) is 8.45. The molecule has 0 bridgehead atoms. The van der Waals surface area contributed by atoms with Crippen LogP contribution in [-0.2, 0) is 5.41 Å². The van der Waals surface area contributed by atoms with Crippen molar-refractivity contribution in [2.45, 2.75) is 26.2 Å². The molecular weight excluding hydrogens is 335 g/mol. The zero-order valence-electron chi connectivity index (χ0n) is 10.9. The number of phenolic OH excluding ortho intramolecular Hbond substituents is 1. The molecule has 0 aliphatic heterocycles. The maximum atomic E-state index is 9.26. The molecule has 0 amide bonds. The fraction of sp³-hybridized carbons (Fsp3) is 0.250. The number of hydrogen-bond donors (Lipinski definition) is 1. The Kier molecular flexibility index (Phi) is 3.95. The van der Waals surface area contributed by atoms with E-state index in [1.165, 1.54) is 12.7 Å². The number of hydrogen-bond acceptors (Lipinski definition) is 1. The first-order valence-corrected chi connectivity index (χ1v) is 8.15. The molecule has 2 heteroatoms. The minimum atomic E-state index is -0.145. The molecule has 0 saturated carbocycles. The van der Waals surface area contributed by atoms with Crippen molar-refractivity contribution in [1.82, 2.24) is 0 Å². The Morgan fingerprint density at radius 3 is 1.67 bits per heavy atom. The van der Waals surface area contributed by atoms with Gasteiger partial charge in [-0.05, 0) is 0 Å². The molecule has 18 heavy (non-hydrogen) atoms. The third-order valence-electron chi connectivity index (χ3n) is 2.76. The minimum absolute atomic E-state index is 0.145. The molecular formula is C16H18IO-. The zero-order valence-corrected chi connectivity index (χ0v) is 13.1. The van der Waals surface area contributed by atoms with Gasteiger partial charge in [-0.1, -0.05) is 0 Å². The molecule has 96 valence electrons. The molecule has 0 heterocycles. The second-order valence-electron chi connectivity index (χ2n) is 5.33. The van der Waals surface area contributed by atoms with Gasteiger partial charge in [0.15, 0.2) is 0 Å². The van der Waals surface area contributed by atoms with Crippen molar-refractivity contribution in [3.05, 3.63) is 61.2 Å². The van der Waals surface area contributed by atoms with Gasteiger partial charge < -0.3 is 0 Å². The monoisotopic (exact) mass is 353 g/mol. The van der Waals surface area contributed by atoms with Crippen LogP contribution in [0.3, 0.4) is 0 Å². The van der Waals surface area contributed by atoms with Gasteiger partial charge in [0.2, 0.25) is 0 Å². The van der Waals surface area contributed by atoms with Crippen molar-refractivity contribution in [3.63, 3.8) is 0 Å². The molecule has 0 atom stereocenters.